The van der Waals surface area contributed by atoms with E-state index in [-0.39, 0.29) is 5.56 Å². The third-order valence-electron chi connectivity index (χ3n) is 3.45. The molecule has 0 spiro atoms. The van der Waals surface area contributed by atoms with Crippen molar-refractivity contribution in [2.45, 2.75) is 6.92 Å². The fourth-order valence-electron chi connectivity index (χ4n) is 2.33. The molecule has 2 aromatic carbocycles. The summed E-state index contributed by atoms with van der Waals surface area (Å²) in [5.41, 5.74) is 1.32. The fraction of sp³-hybridized carbons (Fsp3) is 0.0556. The first kappa shape index (κ1) is 18.0. The van der Waals surface area contributed by atoms with E-state index in [2.05, 4.69) is 20.6 Å². The van der Waals surface area contributed by atoms with Crippen LogP contribution in [-0.2, 0) is 0 Å². The molecule has 0 aliphatic rings. The van der Waals surface area contributed by atoms with Crippen LogP contribution in [0.4, 0.5) is 23.0 Å². The summed E-state index contributed by atoms with van der Waals surface area (Å²) in [5, 5.41) is 16.3. The molecule has 0 unspecified atom stereocenters. The molecule has 0 amide bonds. The number of carbonyl (C=O) groups is 1. The minimum absolute atomic E-state index is 0.155. The summed E-state index contributed by atoms with van der Waals surface area (Å²) in [5.74, 6) is 0.498. The Hall–Kier alpha value is -2.83. The van der Waals surface area contributed by atoms with Gasteiger partial charge in [-0.3, -0.25) is 0 Å². The van der Waals surface area contributed by atoms with Gasteiger partial charge in [0.15, 0.2) is 0 Å². The number of benzene rings is 2. The van der Waals surface area contributed by atoms with Gasteiger partial charge in [0.05, 0.1) is 21.3 Å². The smallest absolute Gasteiger partial charge is 0.337 e. The SMILES string of the molecule is Cc1nc(Nc2ccc(Cl)c(Cl)c2)cc(Nc2ccccc2C(=O)O)n1. The number of anilines is 4. The van der Waals surface area contributed by atoms with E-state index < -0.39 is 5.97 Å². The molecular formula is C18H14Cl2N4O2. The molecule has 3 N–H and O–H groups in total. The molecule has 132 valence electrons. The maximum Gasteiger partial charge on any atom is 0.337 e. The number of aromatic nitrogens is 2. The molecule has 3 rings (SSSR count). The molecule has 0 bridgehead atoms. The quantitative estimate of drug-likeness (QED) is 0.551. The van der Waals surface area contributed by atoms with E-state index in [4.69, 9.17) is 23.2 Å². The maximum absolute atomic E-state index is 11.3. The van der Waals surface area contributed by atoms with Gasteiger partial charge in [0.2, 0.25) is 0 Å². The van der Waals surface area contributed by atoms with Crippen molar-refractivity contribution in [3.05, 3.63) is 70.0 Å². The Kier molecular flexibility index (Phi) is 5.25. The van der Waals surface area contributed by atoms with Gasteiger partial charge in [0.25, 0.3) is 0 Å². The number of hydrogen-bond acceptors (Lipinski definition) is 5. The molecular weight excluding hydrogens is 375 g/mol. The molecule has 0 saturated carbocycles. The highest BCUT2D eigenvalue weighted by Gasteiger charge is 2.11. The fourth-order valence-corrected chi connectivity index (χ4v) is 2.63. The predicted octanol–water partition coefficient (Wildman–Crippen LogP) is 5.28. The average molecular weight is 389 g/mol. The van der Waals surface area contributed by atoms with Crippen LogP contribution in [0.5, 0.6) is 0 Å². The topological polar surface area (TPSA) is 87.1 Å². The molecule has 0 fully saturated rings. The Morgan fingerprint density at radius 1 is 0.962 bits per heavy atom. The molecule has 0 aliphatic carbocycles. The van der Waals surface area contributed by atoms with Crippen LogP contribution >= 0.6 is 23.2 Å². The summed E-state index contributed by atoms with van der Waals surface area (Å²) in [6, 6.07) is 13.4. The van der Waals surface area contributed by atoms with Crippen LogP contribution in [0.3, 0.4) is 0 Å². The first-order valence-electron chi connectivity index (χ1n) is 7.59. The molecule has 6 nitrogen and oxygen atoms in total. The Balaban J connectivity index is 1.88. The van der Waals surface area contributed by atoms with Crippen molar-refractivity contribution in [2.24, 2.45) is 0 Å². The van der Waals surface area contributed by atoms with E-state index in [1.165, 1.54) is 6.07 Å². The molecule has 1 heterocycles. The van der Waals surface area contributed by atoms with Crippen molar-refractivity contribution in [1.82, 2.24) is 9.97 Å². The van der Waals surface area contributed by atoms with Crippen molar-refractivity contribution >= 4 is 52.2 Å². The molecule has 0 aliphatic heterocycles. The van der Waals surface area contributed by atoms with Crippen LogP contribution in [0.25, 0.3) is 0 Å². The van der Waals surface area contributed by atoms with Crippen molar-refractivity contribution in [3.8, 4) is 0 Å². The number of halogens is 2. The van der Waals surface area contributed by atoms with Gasteiger partial charge in [-0.15, -0.1) is 0 Å². The molecule has 26 heavy (non-hydrogen) atoms. The highest BCUT2D eigenvalue weighted by molar-refractivity contribution is 6.42. The summed E-state index contributed by atoms with van der Waals surface area (Å²) in [6.45, 7) is 1.74. The normalized spacial score (nSPS) is 10.4. The standard InChI is InChI=1S/C18H14Cl2N4O2/c1-10-21-16(23-11-6-7-13(19)14(20)8-11)9-17(22-10)24-15-5-3-2-4-12(15)18(25)26/h2-9H,1H3,(H,25,26)(H2,21,22,23,24). The Morgan fingerprint density at radius 2 is 1.65 bits per heavy atom. The average Bonchev–Trinajstić information content (AvgIpc) is 2.58. The number of aromatic carboxylic acids is 1. The number of aryl methyl sites for hydroxylation is 1. The number of hydrogen-bond donors (Lipinski definition) is 3. The van der Waals surface area contributed by atoms with Crippen molar-refractivity contribution in [2.75, 3.05) is 10.6 Å². The maximum atomic E-state index is 11.3. The number of nitrogens with zero attached hydrogens (tertiary/aromatic N) is 2. The Morgan fingerprint density at radius 3 is 2.35 bits per heavy atom. The summed E-state index contributed by atoms with van der Waals surface area (Å²) in [7, 11) is 0. The van der Waals surface area contributed by atoms with Crippen LogP contribution in [0, 0.1) is 6.92 Å². The van der Waals surface area contributed by atoms with Gasteiger partial charge >= 0.3 is 5.97 Å². The third-order valence-corrected chi connectivity index (χ3v) is 4.19. The van der Waals surface area contributed by atoms with Crippen LogP contribution in [0.2, 0.25) is 10.0 Å². The van der Waals surface area contributed by atoms with E-state index in [9.17, 15) is 9.90 Å². The second-order valence-electron chi connectivity index (χ2n) is 5.42. The highest BCUT2D eigenvalue weighted by atomic mass is 35.5. The lowest BCUT2D eigenvalue weighted by atomic mass is 10.2. The zero-order chi connectivity index (χ0) is 18.7. The second-order valence-corrected chi connectivity index (χ2v) is 6.23. The van der Waals surface area contributed by atoms with E-state index in [1.54, 1.807) is 49.4 Å². The van der Waals surface area contributed by atoms with E-state index in [0.717, 1.165) is 5.69 Å². The number of nitrogens with one attached hydrogen (secondary N) is 2. The zero-order valence-corrected chi connectivity index (χ0v) is 15.1. The van der Waals surface area contributed by atoms with Gasteiger partial charge in [-0.2, -0.15) is 0 Å². The minimum Gasteiger partial charge on any atom is -0.478 e. The number of carboxylic acids is 1. The van der Waals surface area contributed by atoms with Crippen molar-refractivity contribution in [3.63, 3.8) is 0 Å². The van der Waals surface area contributed by atoms with Gasteiger partial charge < -0.3 is 15.7 Å². The van der Waals surface area contributed by atoms with Gasteiger partial charge in [-0.1, -0.05) is 35.3 Å². The van der Waals surface area contributed by atoms with Gasteiger partial charge in [0.1, 0.15) is 17.5 Å². The third kappa shape index (κ3) is 4.22. The predicted molar refractivity (Wildman–Crippen MR) is 103 cm³/mol. The number of para-hydroxylation sites is 1. The molecule has 0 radical (unpaired) electrons. The van der Waals surface area contributed by atoms with Crippen LogP contribution in [0.15, 0.2) is 48.5 Å². The molecule has 1 aromatic heterocycles. The van der Waals surface area contributed by atoms with Gasteiger partial charge in [0, 0.05) is 11.8 Å². The van der Waals surface area contributed by atoms with Gasteiger partial charge in [-0.05, 0) is 37.3 Å². The van der Waals surface area contributed by atoms with Crippen LogP contribution < -0.4 is 10.6 Å². The van der Waals surface area contributed by atoms with E-state index in [1.807, 2.05) is 0 Å². The molecule has 0 saturated heterocycles. The number of carboxylic acid groups (broad SMARTS) is 1. The molecule has 0 atom stereocenters. The first-order valence-corrected chi connectivity index (χ1v) is 8.35. The lowest BCUT2D eigenvalue weighted by Crippen LogP contribution is -2.05. The summed E-state index contributed by atoms with van der Waals surface area (Å²) in [4.78, 5) is 20.0. The second kappa shape index (κ2) is 7.59. The van der Waals surface area contributed by atoms with Gasteiger partial charge in [-0.25, -0.2) is 14.8 Å². The van der Waals surface area contributed by atoms with E-state index >= 15 is 0 Å². The lowest BCUT2D eigenvalue weighted by molar-refractivity contribution is 0.0698. The first-order chi connectivity index (χ1) is 12.4. The van der Waals surface area contributed by atoms with Crippen LogP contribution in [-0.4, -0.2) is 21.0 Å². The Bertz CT molecular complexity index is 979. The zero-order valence-electron chi connectivity index (χ0n) is 13.6. The largest absolute Gasteiger partial charge is 0.478 e. The highest BCUT2D eigenvalue weighted by Crippen LogP contribution is 2.27. The minimum atomic E-state index is -1.02. The lowest BCUT2D eigenvalue weighted by Gasteiger charge is -2.12. The molecule has 3 aromatic rings. The summed E-state index contributed by atoms with van der Waals surface area (Å²) >= 11 is 11.9. The number of rotatable bonds is 5. The van der Waals surface area contributed by atoms with Crippen LogP contribution in [0.1, 0.15) is 16.2 Å². The summed E-state index contributed by atoms with van der Waals surface area (Å²) < 4.78 is 0. The van der Waals surface area contributed by atoms with E-state index in [0.29, 0.717) is 33.2 Å². The summed E-state index contributed by atoms with van der Waals surface area (Å²) in [6.07, 6.45) is 0. The van der Waals surface area contributed by atoms with Crippen molar-refractivity contribution < 1.29 is 9.90 Å². The van der Waals surface area contributed by atoms with Crippen molar-refractivity contribution in [1.29, 1.82) is 0 Å². The Labute approximate surface area is 159 Å². The monoisotopic (exact) mass is 388 g/mol. The molecule has 8 heteroatoms.